The summed E-state index contributed by atoms with van der Waals surface area (Å²) in [5.74, 6) is -4.76. The van der Waals surface area contributed by atoms with Crippen LogP contribution in [0, 0.1) is 23.3 Å². The minimum atomic E-state index is -1.28. The molecule has 0 aliphatic carbocycles. The number of halogens is 4. The second kappa shape index (κ2) is 8.82. The second-order valence-corrected chi connectivity index (χ2v) is 7.52. The molecule has 8 heteroatoms. The third-order valence-corrected chi connectivity index (χ3v) is 5.38. The van der Waals surface area contributed by atoms with Crippen LogP contribution in [0.1, 0.15) is 29.3 Å². The largest absolute Gasteiger partial charge is 0.350 e. The van der Waals surface area contributed by atoms with Gasteiger partial charge in [-0.2, -0.15) is 0 Å². The van der Waals surface area contributed by atoms with E-state index in [4.69, 9.17) is 0 Å². The fourth-order valence-electron chi connectivity index (χ4n) is 3.69. The Morgan fingerprint density at radius 3 is 2.34 bits per heavy atom. The highest BCUT2D eigenvalue weighted by atomic mass is 19.1. The number of benzene rings is 2. The molecule has 1 amide bonds. The average molecular weight is 441 g/mol. The van der Waals surface area contributed by atoms with Crippen molar-refractivity contribution in [2.24, 2.45) is 0 Å². The van der Waals surface area contributed by atoms with Gasteiger partial charge in [0.15, 0.2) is 11.6 Å². The van der Waals surface area contributed by atoms with E-state index in [1.807, 2.05) is 11.8 Å². The summed E-state index contributed by atoms with van der Waals surface area (Å²) in [7, 11) is 0. The first-order valence-corrected chi connectivity index (χ1v) is 9.94. The van der Waals surface area contributed by atoms with E-state index in [1.165, 1.54) is 6.07 Å². The predicted octanol–water partition coefficient (Wildman–Crippen LogP) is 5.57. The Labute approximate surface area is 182 Å². The van der Waals surface area contributed by atoms with Crippen molar-refractivity contribution in [1.29, 1.82) is 0 Å². The summed E-state index contributed by atoms with van der Waals surface area (Å²) in [5.41, 5.74) is 2.51. The number of nitrogens with one attached hydrogen (secondary N) is 1. The van der Waals surface area contributed by atoms with E-state index in [2.05, 4.69) is 10.3 Å². The Hall–Kier alpha value is -3.68. The summed E-state index contributed by atoms with van der Waals surface area (Å²) in [6.45, 7) is 3.13. The highest BCUT2D eigenvalue weighted by molar-refractivity contribution is 6.04. The van der Waals surface area contributed by atoms with Crippen molar-refractivity contribution in [2.45, 2.75) is 13.3 Å². The lowest BCUT2D eigenvalue weighted by Crippen LogP contribution is -2.32. The molecule has 1 aliphatic heterocycles. The predicted molar refractivity (Wildman–Crippen MR) is 114 cm³/mol. The van der Waals surface area contributed by atoms with Crippen molar-refractivity contribution in [3.8, 4) is 0 Å². The SMILES string of the molecule is CC1=C(c2ccc(NC(=O)c3c(F)cc(F)cc3F)cc2)CN(c2ncccc2F)CC1. The topological polar surface area (TPSA) is 45.2 Å². The first-order valence-electron chi connectivity index (χ1n) is 9.94. The summed E-state index contributed by atoms with van der Waals surface area (Å²) in [5, 5.41) is 2.42. The number of hydrogen-bond donors (Lipinski definition) is 1. The standard InChI is InChI=1S/C24H19F4N3O/c1-14-8-10-31(23-19(26)3-2-9-29-23)13-18(14)15-4-6-17(7-5-15)30-24(32)22-20(27)11-16(25)12-21(22)28/h2-7,9,11-12H,8,10,13H2,1H3,(H,30,32). The third kappa shape index (κ3) is 4.34. The highest BCUT2D eigenvalue weighted by Crippen LogP contribution is 2.30. The molecular formula is C24H19F4N3O. The van der Waals surface area contributed by atoms with Crippen molar-refractivity contribution in [3.05, 3.63) is 94.7 Å². The van der Waals surface area contributed by atoms with Gasteiger partial charge >= 0.3 is 0 Å². The monoisotopic (exact) mass is 441 g/mol. The van der Waals surface area contributed by atoms with Crippen LogP contribution in [0.25, 0.3) is 5.57 Å². The first-order chi connectivity index (χ1) is 15.3. The number of rotatable bonds is 4. The molecule has 0 saturated carbocycles. The Bertz CT molecular complexity index is 1190. The summed E-state index contributed by atoms with van der Waals surface area (Å²) in [4.78, 5) is 18.3. The molecule has 164 valence electrons. The lowest BCUT2D eigenvalue weighted by atomic mass is 9.94. The first kappa shape index (κ1) is 21.5. The molecule has 4 rings (SSSR count). The van der Waals surface area contributed by atoms with Crippen LogP contribution in [0.2, 0.25) is 0 Å². The zero-order valence-electron chi connectivity index (χ0n) is 17.1. The van der Waals surface area contributed by atoms with Gasteiger partial charge in [-0.05, 0) is 48.7 Å². The van der Waals surface area contributed by atoms with E-state index < -0.39 is 28.9 Å². The Morgan fingerprint density at radius 1 is 1.00 bits per heavy atom. The van der Waals surface area contributed by atoms with Gasteiger partial charge in [-0.3, -0.25) is 4.79 Å². The van der Waals surface area contributed by atoms with Gasteiger partial charge in [-0.25, -0.2) is 22.5 Å². The normalized spacial score (nSPS) is 14.0. The van der Waals surface area contributed by atoms with Crippen molar-refractivity contribution < 1.29 is 22.4 Å². The van der Waals surface area contributed by atoms with Crippen LogP contribution in [-0.2, 0) is 0 Å². The van der Waals surface area contributed by atoms with Crippen LogP contribution < -0.4 is 10.2 Å². The number of amides is 1. The summed E-state index contributed by atoms with van der Waals surface area (Å²) in [6, 6.07) is 10.6. The molecule has 2 heterocycles. The van der Waals surface area contributed by atoms with Gasteiger partial charge in [-0.1, -0.05) is 17.7 Å². The summed E-state index contributed by atoms with van der Waals surface area (Å²) >= 11 is 0. The number of anilines is 2. The maximum atomic E-state index is 14.2. The molecule has 1 aromatic heterocycles. The molecule has 2 aromatic carbocycles. The quantitative estimate of drug-likeness (QED) is 0.538. The molecule has 0 bridgehead atoms. The van der Waals surface area contributed by atoms with Crippen molar-refractivity contribution >= 4 is 23.0 Å². The molecule has 3 aromatic rings. The Balaban J connectivity index is 1.52. The fraction of sp³-hybridized carbons (Fsp3) is 0.167. The van der Waals surface area contributed by atoms with Gasteiger partial charge in [0.25, 0.3) is 5.91 Å². The van der Waals surface area contributed by atoms with E-state index in [-0.39, 0.29) is 5.82 Å². The van der Waals surface area contributed by atoms with E-state index in [1.54, 1.807) is 36.5 Å². The lowest BCUT2D eigenvalue weighted by molar-refractivity contribution is 0.101. The third-order valence-electron chi connectivity index (χ3n) is 5.38. The minimum absolute atomic E-state index is 0.296. The van der Waals surface area contributed by atoms with Crippen LogP contribution in [-0.4, -0.2) is 24.0 Å². The number of carbonyl (C=O) groups is 1. The molecule has 4 nitrogen and oxygen atoms in total. The van der Waals surface area contributed by atoms with E-state index in [0.717, 1.165) is 23.1 Å². The van der Waals surface area contributed by atoms with Crippen LogP contribution in [0.5, 0.6) is 0 Å². The van der Waals surface area contributed by atoms with Crippen molar-refractivity contribution in [3.63, 3.8) is 0 Å². The summed E-state index contributed by atoms with van der Waals surface area (Å²) < 4.78 is 54.9. The number of nitrogens with zero attached hydrogens (tertiary/aromatic N) is 2. The molecule has 32 heavy (non-hydrogen) atoms. The number of carbonyl (C=O) groups excluding carboxylic acids is 1. The van der Waals surface area contributed by atoms with Gasteiger partial charge in [0.05, 0.1) is 0 Å². The van der Waals surface area contributed by atoms with Gasteiger partial charge in [0, 0.05) is 37.1 Å². The number of pyridine rings is 1. The zero-order valence-corrected chi connectivity index (χ0v) is 17.1. The molecule has 1 N–H and O–H groups in total. The smallest absolute Gasteiger partial charge is 0.261 e. The van der Waals surface area contributed by atoms with E-state index in [0.29, 0.717) is 36.7 Å². The molecule has 0 saturated heterocycles. The number of hydrogen-bond acceptors (Lipinski definition) is 3. The molecule has 1 aliphatic rings. The molecule has 0 fully saturated rings. The van der Waals surface area contributed by atoms with Gasteiger partial charge < -0.3 is 10.2 Å². The van der Waals surface area contributed by atoms with Crippen molar-refractivity contribution in [2.75, 3.05) is 23.3 Å². The van der Waals surface area contributed by atoms with E-state index >= 15 is 0 Å². The molecule has 0 spiro atoms. The Kier molecular flexibility index (Phi) is 5.94. The molecule has 0 unspecified atom stereocenters. The zero-order chi connectivity index (χ0) is 22.8. The van der Waals surface area contributed by atoms with E-state index in [9.17, 15) is 22.4 Å². The van der Waals surface area contributed by atoms with Gasteiger partial charge in [-0.15, -0.1) is 0 Å². The highest BCUT2D eigenvalue weighted by Gasteiger charge is 2.22. The van der Waals surface area contributed by atoms with Crippen LogP contribution in [0.15, 0.2) is 60.3 Å². The van der Waals surface area contributed by atoms with Crippen LogP contribution in [0.3, 0.4) is 0 Å². The lowest BCUT2D eigenvalue weighted by Gasteiger charge is -2.31. The van der Waals surface area contributed by atoms with Crippen LogP contribution in [0.4, 0.5) is 29.1 Å². The van der Waals surface area contributed by atoms with Gasteiger partial charge in [0.2, 0.25) is 0 Å². The Morgan fingerprint density at radius 2 is 1.69 bits per heavy atom. The minimum Gasteiger partial charge on any atom is -0.350 e. The second-order valence-electron chi connectivity index (χ2n) is 7.52. The number of aromatic nitrogens is 1. The molecular weight excluding hydrogens is 422 g/mol. The fourth-order valence-corrected chi connectivity index (χ4v) is 3.69. The maximum Gasteiger partial charge on any atom is 0.261 e. The molecule has 0 radical (unpaired) electrons. The van der Waals surface area contributed by atoms with Crippen LogP contribution >= 0.6 is 0 Å². The van der Waals surface area contributed by atoms with Crippen molar-refractivity contribution in [1.82, 2.24) is 4.98 Å². The average Bonchev–Trinajstić information content (AvgIpc) is 2.74. The maximum absolute atomic E-state index is 14.2. The summed E-state index contributed by atoms with van der Waals surface area (Å²) in [6.07, 6.45) is 2.29. The molecule has 0 atom stereocenters. The van der Waals surface area contributed by atoms with Gasteiger partial charge in [0.1, 0.15) is 23.0 Å².